The van der Waals surface area contributed by atoms with Crippen LogP contribution in [0.4, 0.5) is 20.2 Å². The van der Waals surface area contributed by atoms with Gasteiger partial charge in [-0.05, 0) is 30.3 Å². The topological polar surface area (TPSA) is 108 Å². The van der Waals surface area contributed by atoms with E-state index in [4.69, 9.17) is 5.11 Å². The number of anilines is 2. The van der Waals surface area contributed by atoms with Crippen LogP contribution in [0.5, 0.6) is 0 Å². The number of hydrogen-bond acceptors (Lipinski definition) is 5. The molecule has 1 amide bonds. The highest BCUT2D eigenvalue weighted by Crippen LogP contribution is 2.27. The standard InChI is InChI=1S/C15H13F2N3O4S/c16-10-3-2-9(6-11(10)17)18-15(22)8-1-4-12-13(5-8)25(23,24)20-14(7-21)19-12/h1-6,14,19-21H,7H2,(H,18,22). The lowest BCUT2D eigenvalue weighted by Gasteiger charge is -2.26. The van der Waals surface area contributed by atoms with Crippen LogP contribution in [0.25, 0.3) is 0 Å². The number of aliphatic hydroxyl groups is 1. The molecule has 2 aromatic rings. The van der Waals surface area contributed by atoms with Crippen LogP contribution < -0.4 is 15.4 Å². The largest absolute Gasteiger partial charge is 0.393 e. The third-order valence-electron chi connectivity index (χ3n) is 3.52. The van der Waals surface area contributed by atoms with E-state index in [1.165, 1.54) is 18.2 Å². The maximum Gasteiger partial charge on any atom is 0.255 e. The van der Waals surface area contributed by atoms with E-state index in [0.717, 1.165) is 18.2 Å². The van der Waals surface area contributed by atoms with Crippen LogP contribution >= 0.6 is 0 Å². The normalized spacial score (nSPS) is 18.1. The van der Waals surface area contributed by atoms with Crippen LogP contribution in [-0.4, -0.2) is 32.2 Å². The Bertz CT molecular complexity index is 950. The van der Waals surface area contributed by atoms with E-state index in [1.54, 1.807) is 0 Å². The Morgan fingerprint density at radius 2 is 1.92 bits per heavy atom. The Kier molecular flexibility index (Phi) is 4.41. The molecule has 1 aliphatic rings. The van der Waals surface area contributed by atoms with Gasteiger partial charge in [0.25, 0.3) is 5.91 Å². The summed E-state index contributed by atoms with van der Waals surface area (Å²) in [4.78, 5) is 12.1. The maximum atomic E-state index is 13.2. The Morgan fingerprint density at radius 1 is 1.16 bits per heavy atom. The predicted molar refractivity (Wildman–Crippen MR) is 85.6 cm³/mol. The van der Waals surface area contributed by atoms with Crippen LogP contribution in [0.1, 0.15) is 10.4 Å². The van der Waals surface area contributed by atoms with E-state index in [1.807, 2.05) is 0 Å². The summed E-state index contributed by atoms with van der Waals surface area (Å²) >= 11 is 0. The van der Waals surface area contributed by atoms with Gasteiger partial charge in [0.1, 0.15) is 11.1 Å². The lowest BCUT2D eigenvalue weighted by molar-refractivity contribution is 0.102. The van der Waals surface area contributed by atoms with Crippen LogP contribution in [0.2, 0.25) is 0 Å². The first kappa shape index (κ1) is 17.3. The van der Waals surface area contributed by atoms with Gasteiger partial charge in [-0.1, -0.05) is 0 Å². The molecule has 0 fully saturated rings. The van der Waals surface area contributed by atoms with Gasteiger partial charge >= 0.3 is 0 Å². The molecule has 0 spiro atoms. The number of carbonyl (C=O) groups is 1. The van der Waals surface area contributed by atoms with Crippen molar-refractivity contribution in [1.82, 2.24) is 4.72 Å². The third-order valence-corrected chi connectivity index (χ3v) is 5.03. The van der Waals surface area contributed by atoms with E-state index in [2.05, 4.69) is 15.4 Å². The fourth-order valence-electron chi connectivity index (χ4n) is 2.33. The van der Waals surface area contributed by atoms with Gasteiger partial charge < -0.3 is 15.7 Å². The maximum absolute atomic E-state index is 13.2. The fourth-order valence-corrected chi connectivity index (χ4v) is 3.67. The molecule has 4 N–H and O–H groups in total. The molecule has 0 aromatic heterocycles. The molecule has 0 saturated carbocycles. The number of benzene rings is 2. The molecule has 1 atom stereocenters. The van der Waals surface area contributed by atoms with Crippen molar-refractivity contribution in [3.05, 3.63) is 53.6 Å². The number of amides is 1. The van der Waals surface area contributed by atoms with Gasteiger partial charge in [0.15, 0.2) is 11.6 Å². The van der Waals surface area contributed by atoms with Crippen molar-refractivity contribution in [1.29, 1.82) is 0 Å². The highest BCUT2D eigenvalue weighted by atomic mass is 32.2. The van der Waals surface area contributed by atoms with Gasteiger partial charge in [0.2, 0.25) is 10.0 Å². The molecule has 1 aliphatic heterocycles. The molecule has 0 bridgehead atoms. The quantitative estimate of drug-likeness (QED) is 0.651. The van der Waals surface area contributed by atoms with Crippen molar-refractivity contribution in [3.8, 4) is 0 Å². The van der Waals surface area contributed by atoms with Crippen molar-refractivity contribution in [2.45, 2.75) is 11.1 Å². The minimum absolute atomic E-state index is 0.0121. The van der Waals surface area contributed by atoms with Crippen molar-refractivity contribution in [2.24, 2.45) is 0 Å². The highest BCUT2D eigenvalue weighted by Gasteiger charge is 2.29. The Labute approximate surface area is 141 Å². The van der Waals surface area contributed by atoms with Gasteiger partial charge in [0.05, 0.1) is 12.3 Å². The molecule has 0 radical (unpaired) electrons. The zero-order valence-corrected chi connectivity index (χ0v) is 13.4. The molecular formula is C15H13F2N3O4S. The summed E-state index contributed by atoms with van der Waals surface area (Å²) in [5.74, 6) is -2.85. The van der Waals surface area contributed by atoms with E-state index in [9.17, 15) is 22.0 Å². The molecule has 0 aliphatic carbocycles. The SMILES string of the molecule is O=C(Nc1ccc(F)c(F)c1)c1ccc2c(c1)S(=O)(=O)NC(CO)N2. The van der Waals surface area contributed by atoms with Crippen LogP contribution in [0, 0.1) is 11.6 Å². The fraction of sp³-hybridized carbons (Fsp3) is 0.133. The van der Waals surface area contributed by atoms with E-state index >= 15 is 0 Å². The number of hydrogen-bond donors (Lipinski definition) is 4. The van der Waals surface area contributed by atoms with Crippen molar-refractivity contribution < 1.29 is 27.1 Å². The minimum atomic E-state index is -3.91. The van der Waals surface area contributed by atoms with Gasteiger partial charge in [-0.15, -0.1) is 0 Å². The summed E-state index contributed by atoms with van der Waals surface area (Å²) in [5.41, 5.74) is 0.279. The number of halogens is 2. The first-order chi connectivity index (χ1) is 11.8. The molecule has 1 heterocycles. The lowest BCUT2D eigenvalue weighted by atomic mass is 10.1. The first-order valence-corrected chi connectivity index (χ1v) is 8.58. The second kappa shape index (κ2) is 6.39. The van der Waals surface area contributed by atoms with Crippen molar-refractivity contribution in [2.75, 3.05) is 17.2 Å². The Morgan fingerprint density at radius 3 is 2.60 bits per heavy atom. The zero-order valence-electron chi connectivity index (χ0n) is 12.6. The van der Waals surface area contributed by atoms with Crippen LogP contribution in [0.3, 0.4) is 0 Å². The molecule has 3 rings (SSSR count). The highest BCUT2D eigenvalue weighted by molar-refractivity contribution is 7.89. The molecule has 132 valence electrons. The minimum Gasteiger partial charge on any atom is -0.393 e. The number of fused-ring (bicyclic) bond motifs is 1. The van der Waals surface area contributed by atoms with Crippen LogP contribution in [-0.2, 0) is 10.0 Å². The average Bonchev–Trinajstić information content (AvgIpc) is 2.57. The average molecular weight is 369 g/mol. The molecular weight excluding hydrogens is 356 g/mol. The Hall–Kier alpha value is -2.56. The van der Waals surface area contributed by atoms with Crippen molar-refractivity contribution >= 4 is 27.3 Å². The summed E-state index contributed by atoms with van der Waals surface area (Å²) in [6, 6.07) is 6.77. The molecule has 10 heteroatoms. The van der Waals surface area contributed by atoms with Gasteiger partial charge in [-0.25, -0.2) is 17.2 Å². The second-order valence-corrected chi connectivity index (χ2v) is 6.98. The summed E-state index contributed by atoms with van der Waals surface area (Å²) in [6.45, 7) is -0.447. The van der Waals surface area contributed by atoms with Gasteiger partial charge in [0, 0.05) is 17.3 Å². The van der Waals surface area contributed by atoms with Crippen LogP contribution in [0.15, 0.2) is 41.3 Å². The van der Waals surface area contributed by atoms with Gasteiger partial charge in [-0.2, -0.15) is 4.72 Å². The second-order valence-electron chi connectivity index (χ2n) is 5.29. The third kappa shape index (κ3) is 3.45. The number of sulfonamides is 1. The van der Waals surface area contributed by atoms with Crippen molar-refractivity contribution in [3.63, 3.8) is 0 Å². The summed E-state index contributed by atoms with van der Waals surface area (Å²) in [7, 11) is -3.91. The molecule has 2 aromatic carbocycles. The molecule has 0 saturated heterocycles. The summed E-state index contributed by atoms with van der Waals surface area (Å²) < 4.78 is 52.7. The number of aliphatic hydroxyl groups excluding tert-OH is 1. The monoisotopic (exact) mass is 369 g/mol. The molecule has 25 heavy (non-hydrogen) atoms. The zero-order chi connectivity index (χ0) is 18.2. The number of nitrogens with one attached hydrogen (secondary N) is 3. The lowest BCUT2D eigenvalue weighted by Crippen LogP contribution is -2.46. The Balaban J connectivity index is 1.89. The molecule has 1 unspecified atom stereocenters. The summed E-state index contributed by atoms with van der Waals surface area (Å²) in [6.07, 6.45) is -0.862. The smallest absolute Gasteiger partial charge is 0.255 e. The van der Waals surface area contributed by atoms with E-state index in [0.29, 0.717) is 0 Å². The van der Waals surface area contributed by atoms with Gasteiger partial charge in [-0.3, -0.25) is 4.79 Å². The first-order valence-electron chi connectivity index (χ1n) is 7.10. The predicted octanol–water partition coefficient (Wildman–Crippen LogP) is 1.24. The van der Waals surface area contributed by atoms with E-state index < -0.39 is 40.3 Å². The molecule has 7 nitrogen and oxygen atoms in total. The number of rotatable bonds is 3. The number of carbonyl (C=O) groups excluding carboxylic acids is 1. The van der Waals surface area contributed by atoms with E-state index in [-0.39, 0.29) is 21.8 Å². The summed E-state index contributed by atoms with van der Waals surface area (Å²) in [5, 5.41) is 14.2.